The van der Waals surface area contributed by atoms with E-state index in [1.54, 1.807) is 0 Å². The zero-order valence-electron chi connectivity index (χ0n) is 2.63. The third-order valence-electron chi connectivity index (χ3n) is 0. The summed E-state index contributed by atoms with van der Waals surface area (Å²) in [6.45, 7) is 0. The van der Waals surface area contributed by atoms with Crippen LogP contribution in [0.5, 0.6) is 0 Å². The molecule has 6 heavy (non-hydrogen) atoms. The quantitative estimate of drug-likeness (QED) is 0.264. The van der Waals surface area contributed by atoms with Gasteiger partial charge in [-0.3, -0.25) is 0 Å². The summed E-state index contributed by atoms with van der Waals surface area (Å²) < 4.78 is 0. The predicted octanol–water partition coefficient (Wildman–Crippen LogP) is -2.54. The Balaban J connectivity index is -0.0000000450. The van der Waals surface area contributed by atoms with E-state index in [1.807, 2.05) is 0 Å². The van der Waals surface area contributed by atoms with Crippen LogP contribution >= 0.6 is 0 Å². The van der Waals surface area contributed by atoms with Gasteiger partial charge in [-0.1, -0.05) is 0 Å². The summed E-state index contributed by atoms with van der Waals surface area (Å²) in [5, 5.41) is 21.5. The van der Waals surface area contributed by atoms with Gasteiger partial charge < -0.3 is 21.2 Å². The van der Waals surface area contributed by atoms with Crippen molar-refractivity contribution < 1.29 is 15.1 Å². The molecule has 6 heteroatoms. The first kappa shape index (κ1) is 15.6. The Hall–Kier alpha value is 1.54. The van der Waals surface area contributed by atoms with Crippen LogP contribution in [0.1, 0.15) is 0 Å². The van der Waals surface area contributed by atoms with Gasteiger partial charge in [0.15, 0.2) is 0 Å². The molecule has 0 aromatic rings. The molecule has 0 spiro atoms. The molecule has 0 saturated carbocycles. The molecule has 0 bridgehead atoms. The fourth-order valence-corrected chi connectivity index (χ4v) is 0. The Labute approximate surface area is 78.7 Å². The van der Waals surface area contributed by atoms with Crippen LogP contribution in [-0.2, 0) is 0 Å². The second-order valence-corrected chi connectivity index (χ2v) is 0.346. The molecule has 4 nitrogen and oxygen atoms in total. The van der Waals surface area contributed by atoms with Gasteiger partial charge in [-0.05, 0) is 0 Å². The van der Waals surface area contributed by atoms with Crippen molar-refractivity contribution in [3.63, 3.8) is 0 Å². The Kier molecular flexibility index (Phi) is 25.4. The van der Waals surface area contributed by atoms with E-state index in [0.29, 0.717) is 0 Å². The summed E-state index contributed by atoms with van der Waals surface area (Å²) in [6, 6.07) is 0. The molecule has 0 rings (SSSR count). The van der Waals surface area contributed by atoms with Gasteiger partial charge in [0.2, 0.25) is 0 Å². The Bertz CT molecular complexity index is 15.5. The van der Waals surface area contributed by atoms with E-state index >= 15 is 0 Å². The van der Waals surface area contributed by atoms with Gasteiger partial charge >= 0.3 is 58.7 Å². The zero-order chi connectivity index (χ0) is 3.58. The van der Waals surface area contributed by atoms with Gasteiger partial charge in [0, 0.05) is 0 Å². The normalized spacial score (nSPS) is 4.50. The molecule has 0 radical (unpaired) electrons. The molecule has 0 heterocycles. The fourth-order valence-electron chi connectivity index (χ4n) is 0. The molecule has 0 unspecified atom stereocenters. The molecule has 0 saturated heterocycles. The topological polar surface area (TPSA) is 95.7 Å². The molecule has 0 aliphatic carbocycles. The van der Waals surface area contributed by atoms with E-state index in [4.69, 9.17) is 15.1 Å². The first-order valence-corrected chi connectivity index (χ1v) is 0.775. The summed E-state index contributed by atoms with van der Waals surface area (Å²) in [7, 11) is -2.17. The molecule has 34 valence electrons. The van der Waals surface area contributed by atoms with E-state index in [9.17, 15) is 0 Å². The van der Waals surface area contributed by atoms with Gasteiger partial charge in [0.05, 0.1) is 0 Å². The molecule has 6 N–H and O–H groups in total. The molecule has 0 aromatic carbocycles. The van der Waals surface area contributed by atoms with Crippen molar-refractivity contribution in [1.82, 2.24) is 6.15 Å². The van der Waals surface area contributed by atoms with Crippen LogP contribution in [0.25, 0.3) is 0 Å². The summed E-state index contributed by atoms with van der Waals surface area (Å²) in [5.41, 5.74) is 0. The number of rotatable bonds is 0. The standard InChI is InChI=1S/BH3O3.K.H3N.H/c2-1(3)4;;;/h2-4H;;1H3;. The zero-order valence-corrected chi connectivity index (χ0v) is 2.63. The third kappa shape index (κ3) is 48.1. The van der Waals surface area contributed by atoms with Gasteiger partial charge in [-0.15, -0.1) is 0 Å². The minimum atomic E-state index is -2.17. The van der Waals surface area contributed by atoms with Crippen molar-refractivity contribution >= 4 is 58.7 Å². The van der Waals surface area contributed by atoms with E-state index in [0.717, 1.165) is 0 Å². The van der Waals surface area contributed by atoms with Crippen LogP contribution in [0, 0.1) is 0 Å². The second-order valence-electron chi connectivity index (χ2n) is 0.346. The predicted molar refractivity (Wildman–Crippen MR) is 24.6 cm³/mol. The molecule has 0 atom stereocenters. The monoisotopic (exact) mass is 119 g/mol. The molecule has 0 aliphatic rings. The second kappa shape index (κ2) is 9.74. The fraction of sp³-hybridized carbons (Fsp3) is 0. The van der Waals surface area contributed by atoms with Crippen molar-refractivity contribution in [2.24, 2.45) is 0 Å². The Morgan fingerprint density at radius 1 is 1.00 bits per heavy atom. The van der Waals surface area contributed by atoms with Crippen molar-refractivity contribution in [3.05, 3.63) is 0 Å². The van der Waals surface area contributed by atoms with Gasteiger partial charge in [0.1, 0.15) is 0 Å². The summed E-state index contributed by atoms with van der Waals surface area (Å²) in [6.07, 6.45) is 0. The summed E-state index contributed by atoms with van der Waals surface area (Å²) in [5.74, 6) is 0. The summed E-state index contributed by atoms with van der Waals surface area (Å²) in [4.78, 5) is 0. The van der Waals surface area contributed by atoms with Crippen LogP contribution in [0.15, 0.2) is 0 Å². The average Bonchev–Trinajstić information content (AvgIpc) is 0.811. The van der Waals surface area contributed by atoms with Gasteiger partial charge in [-0.2, -0.15) is 0 Å². The molecule has 0 aliphatic heterocycles. The van der Waals surface area contributed by atoms with E-state index in [1.165, 1.54) is 0 Å². The molecular formula is H7BKNO3. The van der Waals surface area contributed by atoms with Crippen LogP contribution in [0.2, 0.25) is 0 Å². The van der Waals surface area contributed by atoms with Crippen LogP contribution in [0.4, 0.5) is 0 Å². The van der Waals surface area contributed by atoms with Gasteiger partial charge in [0.25, 0.3) is 0 Å². The third-order valence-corrected chi connectivity index (χ3v) is 0. The molecule has 0 fully saturated rings. The van der Waals surface area contributed by atoms with Crippen LogP contribution in [0.3, 0.4) is 0 Å². The van der Waals surface area contributed by atoms with Crippen molar-refractivity contribution in [2.45, 2.75) is 0 Å². The van der Waals surface area contributed by atoms with E-state index < -0.39 is 7.32 Å². The first-order chi connectivity index (χ1) is 1.73. The Morgan fingerprint density at radius 2 is 1.00 bits per heavy atom. The van der Waals surface area contributed by atoms with Crippen LogP contribution < -0.4 is 6.15 Å². The summed E-state index contributed by atoms with van der Waals surface area (Å²) >= 11 is 0. The first-order valence-electron chi connectivity index (χ1n) is 0.775. The number of hydrogen-bond acceptors (Lipinski definition) is 4. The molecular weight excluding hydrogens is 112 g/mol. The maximum absolute atomic E-state index is 7.17. The minimum absolute atomic E-state index is 0. The maximum atomic E-state index is 7.17. The Morgan fingerprint density at radius 3 is 1.00 bits per heavy atom. The molecule has 0 amide bonds. The van der Waals surface area contributed by atoms with Crippen LogP contribution in [-0.4, -0.2) is 73.8 Å². The van der Waals surface area contributed by atoms with E-state index in [-0.39, 0.29) is 57.5 Å². The van der Waals surface area contributed by atoms with Crippen molar-refractivity contribution in [3.8, 4) is 0 Å². The van der Waals surface area contributed by atoms with E-state index in [2.05, 4.69) is 0 Å². The van der Waals surface area contributed by atoms with Gasteiger partial charge in [-0.25, -0.2) is 0 Å². The molecule has 0 aromatic heterocycles. The number of hydrogen-bond donors (Lipinski definition) is 4. The SMILES string of the molecule is N.OB(O)O.[KH]. The average molecular weight is 119 g/mol. The van der Waals surface area contributed by atoms with Crippen molar-refractivity contribution in [2.75, 3.05) is 0 Å². The van der Waals surface area contributed by atoms with Crippen molar-refractivity contribution in [1.29, 1.82) is 0 Å².